The maximum Gasteiger partial charge on any atom is 0.193 e. The normalized spacial score (nSPS) is 27.4. The Balaban J connectivity index is 0.00000208. The summed E-state index contributed by atoms with van der Waals surface area (Å²) in [6, 6.07) is 0. The summed E-state index contributed by atoms with van der Waals surface area (Å²) in [7, 11) is 1.97. The highest BCUT2D eigenvalue weighted by atomic mass is 127. The van der Waals surface area contributed by atoms with Crippen molar-refractivity contribution in [1.29, 1.82) is 0 Å². The van der Waals surface area contributed by atoms with Crippen LogP contribution in [-0.4, -0.2) is 58.0 Å². The summed E-state index contributed by atoms with van der Waals surface area (Å²) in [4.78, 5) is 7.16. The molecule has 1 aliphatic heterocycles. The molecule has 1 saturated carbocycles. The molecule has 1 aromatic heterocycles. The minimum Gasteiger partial charge on any atom is -0.393 e. The van der Waals surface area contributed by atoms with Gasteiger partial charge in [-0.1, -0.05) is 6.42 Å². The van der Waals surface area contributed by atoms with Crippen LogP contribution in [0.1, 0.15) is 44.1 Å². The van der Waals surface area contributed by atoms with E-state index in [4.69, 9.17) is 4.99 Å². The Hall–Kier alpha value is -0.830. The van der Waals surface area contributed by atoms with Gasteiger partial charge in [-0.2, -0.15) is 5.10 Å². The average molecular weight is 447 g/mol. The molecule has 136 valence electrons. The Labute approximate surface area is 161 Å². The molecule has 2 aliphatic rings. The van der Waals surface area contributed by atoms with E-state index in [9.17, 15) is 5.11 Å². The van der Waals surface area contributed by atoms with Crippen molar-refractivity contribution in [2.75, 3.05) is 26.2 Å². The van der Waals surface area contributed by atoms with E-state index in [0.29, 0.717) is 11.8 Å². The third-order valence-electron chi connectivity index (χ3n) is 5.11. The van der Waals surface area contributed by atoms with Gasteiger partial charge in [-0.05, 0) is 31.7 Å². The van der Waals surface area contributed by atoms with Crippen LogP contribution in [0.5, 0.6) is 0 Å². The van der Waals surface area contributed by atoms with Crippen LogP contribution in [-0.2, 0) is 7.05 Å². The molecule has 0 aromatic carbocycles. The highest BCUT2D eigenvalue weighted by Crippen LogP contribution is 2.28. The highest BCUT2D eigenvalue weighted by Gasteiger charge is 2.28. The van der Waals surface area contributed by atoms with Gasteiger partial charge in [0.2, 0.25) is 0 Å². The van der Waals surface area contributed by atoms with Gasteiger partial charge in [-0.3, -0.25) is 9.67 Å². The van der Waals surface area contributed by atoms with E-state index in [0.717, 1.165) is 57.8 Å². The molecule has 2 heterocycles. The van der Waals surface area contributed by atoms with E-state index in [1.807, 2.05) is 17.9 Å². The predicted molar refractivity (Wildman–Crippen MR) is 107 cm³/mol. The van der Waals surface area contributed by atoms with Crippen molar-refractivity contribution in [3.8, 4) is 0 Å². The number of nitrogens with one attached hydrogen (secondary N) is 1. The van der Waals surface area contributed by atoms with Crippen molar-refractivity contribution >= 4 is 29.9 Å². The first-order valence-electron chi connectivity index (χ1n) is 8.87. The summed E-state index contributed by atoms with van der Waals surface area (Å²) in [5, 5.41) is 17.7. The second-order valence-corrected chi connectivity index (χ2v) is 6.83. The van der Waals surface area contributed by atoms with E-state index in [1.54, 1.807) is 0 Å². The first kappa shape index (κ1) is 19.5. The third kappa shape index (κ3) is 4.62. The molecule has 3 unspecified atom stereocenters. The monoisotopic (exact) mass is 447 g/mol. The number of guanidine groups is 1. The van der Waals surface area contributed by atoms with E-state index in [-0.39, 0.29) is 30.1 Å². The Kier molecular flexibility index (Phi) is 7.34. The van der Waals surface area contributed by atoms with Gasteiger partial charge in [0.1, 0.15) is 0 Å². The summed E-state index contributed by atoms with van der Waals surface area (Å²) < 4.78 is 1.87. The molecular formula is C17H30IN5O. The average Bonchev–Trinajstić information content (AvgIpc) is 3.25. The van der Waals surface area contributed by atoms with Gasteiger partial charge in [-0.25, -0.2) is 0 Å². The largest absolute Gasteiger partial charge is 0.393 e. The Morgan fingerprint density at radius 1 is 1.42 bits per heavy atom. The number of hydrogen-bond acceptors (Lipinski definition) is 3. The van der Waals surface area contributed by atoms with Crippen LogP contribution >= 0.6 is 24.0 Å². The highest BCUT2D eigenvalue weighted by molar-refractivity contribution is 14.0. The fourth-order valence-corrected chi connectivity index (χ4v) is 3.74. The second-order valence-electron chi connectivity index (χ2n) is 6.83. The summed E-state index contributed by atoms with van der Waals surface area (Å²) in [5.74, 6) is 1.86. The summed E-state index contributed by atoms with van der Waals surface area (Å²) in [5.41, 5.74) is 1.32. The second kappa shape index (κ2) is 9.03. The van der Waals surface area contributed by atoms with Crippen molar-refractivity contribution in [2.45, 2.75) is 44.6 Å². The molecule has 24 heavy (non-hydrogen) atoms. The molecule has 0 amide bonds. The molecule has 6 nitrogen and oxygen atoms in total. The smallest absolute Gasteiger partial charge is 0.193 e. The van der Waals surface area contributed by atoms with Crippen LogP contribution in [0.15, 0.2) is 17.4 Å². The fraction of sp³-hybridized carbons (Fsp3) is 0.765. The number of hydrogen-bond donors (Lipinski definition) is 2. The number of aliphatic hydroxyl groups excluding tert-OH is 1. The molecule has 7 heteroatoms. The lowest BCUT2D eigenvalue weighted by molar-refractivity contribution is 0.136. The number of aliphatic hydroxyl groups is 1. The van der Waals surface area contributed by atoms with Crippen LogP contribution in [0.4, 0.5) is 0 Å². The Morgan fingerprint density at radius 3 is 2.88 bits per heavy atom. The third-order valence-corrected chi connectivity index (χ3v) is 5.11. The zero-order valence-corrected chi connectivity index (χ0v) is 17.0. The zero-order valence-electron chi connectivity index (χ0n) is 14.7. The standard InChI is InChI=1S/C17H29N5O.HI/c1-3-18-17(19-9-13-5-4-6-16(13)23)22-8-7-14(12-22)15-10-20-21(2)11-15;/h10-11,13-14,16,23H,3-9,12H2,1-2H3,(H,18,19);1H. The van der Waals surface area contributed by atoms with E-state index >= 15 is 0 Å². The fourth-order valence-electron chi connectivity index (χ4n) is 3.74. The number of aryl methyl sites for hydroxylation is 1. The van der Waals surface area contributed by atoms with Gasteiger partial charge in [0.15, 0.2) is 5.96 Å². The van der Waals surface area contributed by atoms with Gasteiger partial charge < -0.3 is 15.3 Å². The van der Waals surface area contributed by atoms with Crippen LogP contribution in [0.2, 0.25) is 0 Å². The van der Waals surface area contributed by atoms with Gasteiger partial charge in [-0.15, -0.1) is 24.0 Å². The zero-order chi connectivity index (χ0) is 16.2. The SMILES string of the molecule is CCNC(=NCC1CCCC1O)N1CCC(c2cnn(C)c2)C1.I. The van der Waals surface area contributed by atoms with E-state index in [2.05, 4.69) is 28.4 Å². The molecule has 0 spiro atoms. The number of likely N-dealkylation sites (tertiary alicyclic amines) is 1. The van der Waals surface area contributed by atoms with Crippen molar-refractivity contribution in [3.63, 3.8) is 0 Å². The Bertz CT molecular complexity index is 547. The molecule has 0 radical (unpaired) electrons. The molecule has 2 N–H and O–H groups in total. The molecule has 3 atom stereocenters. The summed E-state index contributed by atoms with van der Waals surface area (Å²) in [6.07, 6.45) is 8.24. The molecular weight excluding hydrogens is 417 g/mol. The lowest BCUT2D eigenvalue weighted by Gasteiger charge is -2.22. The minimum atomic E-state index is -0.164. The molecule has 1 saturated heterocycles. The summed E-state index contributed by atoms with van der Waals surface area (Å²) in [6.45, 7) is 5.73. The van der Waals surface area contributed by atoms with Gasteiger partial charge in [0.05, 0.1) is 12.3 Å². The van der Waals surface area contributed by atoms with Crippen molar-refractivity contribution in [1.82, 2.24) is 20.0 Å². The number of halogens is 1. The topological polar surface area (TPSA) is 65.7 Å². The van der Waals surface area contributed by atoms with Gasteiger partial charge >= 0.3 is 0 Å². The molecule has 3 rings (SSSR count). The van der Waals surface area contributed by atoms with Crippen molar-refractivity contribution < 1.29 is 5.11 Å². The van der Waals surface area contributed by atoms with Crippen molar-refractivity contribution in [3.05, 3.63) is 18.0 Å². The van der Waals surface area contributed by atoms with E-state index in [1.165, 1.54) is 5.56 Å². The first-order valence-corrected chi connectivity index (χ1v) is 8.87. The molecule has 2 fully saturated rings. The lowest BCUT2D eigenvalue weighted by atomic mass is 10.0. The van der Waals surface area contributed by atoms with Crippen LogP contribution in [0.3, 0.4) is 0 Å². The Morgan fingerprint density at radius 2 is 2.25 bits per heavy atom. The van der Waals surface area contributed by atoms with Crippen LogP contribution in [0.25, 0.3) is 0 Å². The number of aromatic nitrogens is 2. The predicted octanol–water partition coefficient (Wildman–Crippen LogP) is 1.95. The summed E-state index contributed by atoms with van der Waals surface area (Å²) >= 11 is 0. The maximum absolute atomic E-state index is 9.98. The quantitative estimate of drug-likeness (QED) is 0.421. The van der Waals surface area contributed by atoms with Gasteiger partial charge in [0.25, 0.3) is 0 Å². The van der Waals surface area contributed by atoms with Gasteiger partial charge in [0, 0.05) is 51.3 Å². The van der Waals surface area contributed by atoms with Crippen LogP contribution < -0.4 is 5.32 Å². The molecule has 1 aliphatic carbocycles. The minimum absolute atomic E-state index is 0. The molecule has 1 aromatic rings. The number of rotatable bonds is 4. The van der Waals surface area contributed by atoms with E-state index < -0.39 is 0 Å². The maximum atomic E-state index is 9.98. The van der Waals surface area contributed by atoms with Crippen LogP contribution in [0, 0.1) is 5.92 Å². The van der Waals surface area contributed by atoms with Crippen molar-refractivity contribution in [2.24, 2.45) is 18.0 Å². The molecule has 0 bridgehead atoms. The number of nitrogens with zero attached hydrogens (tertiary/aromatic N) is 4. The first-order chi connectivity index (χ1) is 11.2. The number of aliphatic imine (C=N–C) groups is 1. The lowest BCUT2D eigenvalue weighted by Crippen LogP contribution is -2.40.